The van der Waals surface area contributed by atoms with Gasteiger partial charge < -0.3 is 15.5 Å². The molecule has 0 aliphatic rings. The number of hydrogen-bond donors (Lipinski definition) is 2. The lowest BCUT2D eigenvalue weighted by molar-refractivity contribution is -0.120. The third-order valence-corrected chi connectivity index (χ3v) is 3.65. The van der Waals surface area contributed by atoms with E-state index in [1.165, 1.54) is 11.3 Å². The van der Waals surface area contributed by atoms with Crippen molar-refractivity contribution in [1.29, 1.82) is 0 Å². The van der Waals surface area contributed by atoms with Crippen LogP contribution in [0.2, 0.25) is 0 Å². The molecule has 2 rings (SSSR count). The smallest absolute Gasteiger partial charge is 0.225 e. The van der Waals surface area contributed by atoms with Gasteiger partial charge in [0.2, 0.25) is 5.91 Å². The molecule has 0 bridgehead atoms. The summed E-state index contributed by atoms with van der Waals surface area (Å²) in [5, 5.41) is 3.67. The first kappa shape index (κ1) is 12.8. The number of thiazole rings is 1. The van der Waals surface area contributed by atoms with Crippen LogP contribution < -0.4 is 11.1 Å². The summed E-state index contributed by atoms with van der Waals surface area (Å²) >= 11 is 1.49. The summed E-state index contributed by atoms with van der Waals surface area (Å²) in [7, 11) is 0. The van der Waals surface area contributed by atoms with Crippen molar-refractivity contribution in [1.82, 2.24) is 10.3 Å². The molecule has 0 fully saturated rings. The van der Waals surface area contributed by atoms with E-state index < -0.39 is 0 Å². The molecule has 0 atom stereocenters. The highest BCUT2D eigenvalue weighted by atomic mass is 32.1. The number of amides is 1. The van der Waals surface area contributed by atoms with E-state index in [2.05, 4.69) is 10.3 Å². The molecule has 0 saturated heterocycles. The fourth-order valence-corrected chi connectivity index (χ4v) is 2.49. The quantitative estimate of drug-likeness (QED) is 0.855. The fraction of sp³-hybridized carbons (Fsp3) is 0.333. The molecule has 2 heterocycles. The molecule has 0 aliphatic carbocycles. The Morgan fingerprint density at radius 3 is 3.06 bits per heavy atom. The first-order valence-electron chi connectivity index (χ1n) is 5.63. The van der Waals surface area contributed by atoms with Crippen LogP contribution in [0.3, 0.4) is 0 Å². The highest BCUT2D eigenvalue weighted by Crippen LogP contribution is 2.18. The van der Waals surface area contributed by atoms with Crippen molar-refractivity contribution < 1.29 is 9.21 Å². The molecule has 0 radical (unpaired) electrons. The maximum Gasteiger partial charge on any atom is 0.225 e. The number of rotatable bonds is 5. The average molecular weight is 265 g/mol. The van der Waals surface area contributed by atoms with Crippen molar-refractivity contribution in [3.63, 3.8) is 0 Å². The number of aryl methyl sites for hydroxylation is 1. The molecular weight excluding hydrogens is 250 g/mol. The number of aromatic nitrogens is 1. The van der Waals surface area contributed by atoms with Crippen molar-refractivity contribution in [2.45, 2.75) is 26.4 Å². The van der Waals surface area contributed by atoms with Crippen LogP contribution in [0, 0.1) is 6.92 Å². The van der Waals surface area contributed by atoms with Gasteiger partial charge in [0.05, 0.1) is 24.9 Å². The molecule has 96 valence electrons. The minimum absolute atomic E-state index is 0.0401. The molecule has 0 unspecified atom stereocenters. The molecule has 0 aliphatic heterocycles. The van der Waals surface area contributed by atoms with Crippen LogP contribution in [0.15, 0.2) is 22.8 Å². The highest BCUT2D eigenvalue weighted by molar-refractivity contribution is 7.11. The lowest BCUT2D eigenvalue weighted by atomic mass is 10.3. The maximum atomic E-state index is 11.8. The van der Waals surface area contributed by atoms with E-state index in [1.54, 1.807) is 12.3 Å². The van der Waals surface area contributed by atoms with Crippen molar-refractivity contribution in [2.75, 3.05) is 0 Å². The molecule has 1 amide bonds. The Morgan fingerprint density at radius 1 is 1.61 bits per heavy atom. The first-order valence-corrected chi connectivity index (χ1v) is 6.45. The number of hydrogen-bond acceptors (Lipinski definition) is 5. The summed E-state index contributed by atoms with van der Waals surface area (Å²) in [6.07, 6.45) is 1.92. The Morgan fingerprint density at radius 2 is 2.44 bits per heavy atom. The van der Waals surface area contributed by atoms with Gasteiger partial charge in [0.15, 0.2) is 0 Å². The largest absolute Gasteiger partial charge is 0.467 e. The average Bonchev–Trinajstić information content (AvgIpc) is 2.97. The van der Waals surface area contributed by atoms with Crippen LogP contribution in [0.1, 0.15) is 21.3 Å². The highest BCUT2D eigenvalue weighted by Gasteiger charge is 2.11. The zero-order valence-electron chi connectivity index (χ0n) is 10.1. The van der Waals surface area contributed by atoms with E-state index in [-0.39, 0.29) is 5.91 Å². The Hall–Kier alpha value is -1.66. The summed E-state index contributed by atoms with van der Waals surface area (Å²) in [4.78, 5) is 17.0. The second-order valence-electron chi connectivity index (χ2n) is 3.85. The van der Waals surface area contributed by atoms with Gasteiger partial charge in [0, 0.05) is 11.4 Å². The normalized spacial score (nSPS) is 10.6. The van der Waals surface area contributed by atoms with Gasteiger partial charge in [-0.1, -0.05) is 0 Å². The van der Waals surface area contributed by atoms with Crippen LogP contribution in [0.25, 0.3) is 0 Å². The van der Waals surface area contributed by atoms with Crippen molar-refractivity contribution in [3.8, 4) is 0 Å². The van der Waals surface area contributed by atoms with Gasteiger partial charge in [-0.25, -0.2) is 4.98 Å². The Bertz CT molecular complexity index is 519. The third kappa shape index (κ3) is 3.18. The minimum atomic E-state index is -0.0401. The predicted octanol–water partition coefficient (Wildman–Crippen LogP) is 1.36. The van der Waals surface area contributed by atoms with Gasteiger partial charge >= 0.3 is 0 Å². The predicted molar refractivity (Wildman–Crippen MR) is 69.0 cm³/mol. The summed E-state index contributed by atoms with van der Waals surface area (Å²) in [6, 6.07) is 3.62. The van der Waals surface area contributed by atoms with Crippen molar-refractivity contribution >= 4 is 17.2 Å². The molecule has 2 aromatic heterocycles. The Kier molecular flexibility index (Phi) is 4.11. The van der Waals surface area contributed by atoms with Gasteiger partial charge in [0.1, 0.15) is 10.8 Å². The van der Waals surface area contributed by atoms with E-state index >= 15 is 0 Å². The second kappa shape index (κ2) is 5.79. The van der Waals surface area contributed by atoms with Crippen LogP contribution in [-0.2, 0) is 24.3 Å². The third-order valence-electron chi connectivity index (χ3n) is 2.47. The molecule has 0 aromatic carbocycles. The Labute approximate surface area is 109 Å². The second-order valence-corrected chi connectivity index (χ2v) is 5.02. The summed E-state index contributed by atoms with van der Waals surface area (Å²) in [6.45, 7) is 2.72. The molecule has 0 saturated carbocycles. The number of nitrogens with one attached hydrogen (secondary N) is 1. The molecule has 2 aromatic rings. The van der Waals surface area contributed by atoms with Crippen LogP contribution in [-0.4, -0.2) is 10.9 Å². The zero-order valence-corrected chi connectivity index (χ0v) is 10.9. The lowest BCUT2D eigenvalue weighted by Gasteiger charge is -2.02. The summed E-state index contributed by atoms with van der Waals surface area (Å²) in [5.74, 6) is 0.703. The van der Waals surface area contributed by atoms with E-state index in [1.807, 2.05) is 13.0 Å². The topological polar surface area (TPSA) is 81.1 Å². The molecule has 5 nitrogen and oxygen atoms in total. The van der Waals surface area contributed by atoms with E-state index in [0.717, 1.165) is 21.3 Å². The molecule has 18 heavy (non-hydrogen) atoms. The summed E-state index contributed by atoms with van der Waals surface area (Å²) in [5.41, 5.74) is 6.40. The van der Waals surface area contributed by atoms with Gasteiger partial charge in [-0.3, -0.25) is 4.79 Å². The van der Waals surface area contributed by atoms with E-state index in [9.17, 15) is 4.79 Å². The van der Waals surface area contributed by atoms with Gasteiger partial charge in [-0.2, -0.15) is 0 Å². The van der Waals surface area contributed by atoms with Crippen molar-refractivity contribution in [3.05, 3.63) is 39.7 Å². The number of nitrogens with two attached hydrogens (primary N) is 1. The number of nitrogens with zero attached hydrogens (tertiary/aromatic N) is 1. The minimum Gasteiger partial charge on any atom is -0.467 e. The first-order chi connectivity index (χ1) is 8.69. The van der Waals surface area contributed by atoms with Crippen LogP contribution >= 0.6 is 11.3 Å². The lowest BCUT2D eigenvalue weighted by Crippen LogP contribution is -2.24. The van der Waals surface area contributed by atoms with Crippen molar-refractivity contribution in [2.24, 2.45) is 5.73 Å². The van der Waals surface area contributed by atoms with E-state index in [4.69, 9.17) is 10.2 Å². The Balaban J connectivity index is 1.88. The number of furan rings is 1. The maximum absolute atomic E-state index is 11.8. The standard InChI is InChI=1S/C12H15N3O2S/c1-8-10(18-12(6-13)15-8)5-11(16)14-7-9-3-2-4-17-9/h2-4H,5-7,13H2,1H3,(H,14,16). The van der Waals surface area contributed by atoms with Crippen LogP contribution in [0.4, 0.5) is 0 Å². The molecular formula is C12H15N3O2S. The monoisotopic (exact) mass is 265 g/mol. The molecule has 0 spiro atoms. The fourth-order valence-electron chi connectivity index (χ4n) is 1.55. The molecule has 6 heteroatoms. The van der Waals surface area contributed by atoms with Crippen LogP contribution in [0.5, 0.6) is 0 Å². The SMILES string of the molecule is Cc1nc(CN)sc1CC(=O)NCc1ccco1. The van der Waals surface area contributed by atoms with E-state index in [0.29, 0.717) is 19.5 Å². The number of carbonyl (C=O) groups excluding carboxylic acids is 1. The number of carbonyl (C=O) groups is 1. The van der Waals surface area contributed by atoms with Gasteiger partial charge in [-0.05, 0) is 19.1 Å². The zero-order chi connectivity index (χ0) is 13.0. The van der Waals surface area contributed by atoms with Gasteiger partial charge in [-0.15, -0.1) is 11.3 Å². The summed E-state index contributed by atoms with van der Waals surface area (Å²) < 4.78 is 5.14. The van der Waals surface area contributed by atoms with Gasteiger partial charge in [0.25, 0.3) is 0 Å². The molecule has 3 N–H and O–H groups in total.